The summed E-state index contributed by atoms with van der Waals surface area (Å²) in [6.45, 7) is 7.74. The van der Waals surface area contributed by atoms with E-state index in [9.17, 15) is 5.26 Å². The summed E-state index contributed by atoms with van der Waals surface area (Å²) in [6.07, 6.45) is 0. The van der Waals surface area contributed by atoms with E-state index < -0.39 is 10.8 Å². The number of rotatable bonds is 2. The second-order valence-electron chi connectivity index (χ2n) is 18.0. The van der Waals surface area contributed by atoms with Gasteiger partial charge in [0.15, 0.2) is 5.69 Å². The molecule has 2 aliphatic heterocycles. The molecule has 0 aromatic heterocycles. The molecule has 14 rings (SSSR count). The number of hydrogen-bond acceptors (Lipinski definition) is 3. The highest BCUT2D eigenvalue weighted by molar-refractivity contribution is 9.10. The molecule has 0 unspecified atom stereocenters. The van der Waals surface area contributed by atoms with Crippen molar-refractivity contribution in [2.75, 3.05) is 9.80 Å². The van der Waals surface area contributed by atoms with Gasteiger partial charge < -0.3 is 9.80 Å². The number of nitrogens with zero attached hydrogens (tertiary/aromatic N) is 4. The molecule has 2 heterocycles. The van der Waals surface area contributed by atoms with Gasteiger partial charge in [0.2, 0.25) is 0 Å². The van der Waals surface area contributed by atoms with Crippen LogP contribution in [0.1, 0.15) is 50.1 Å². The zero-order valence-electron chi connectivity index (χ0n) is 37.5. The van der Waals surface area contributed by atoms with E-state index in [1.54, 1.807) is 0 Å². The summed E-state index contributed by atoms with van der Waals surface area (Å²) in [5.41, 5.74) is 21.6. The van der Waals surface area contributed by atoms with Crippen LogP contribution in [0.2, 0.25) is 0 Å². The third kappa shape index (κ3) is 5.85. The molecular weight excluding hydrogens is 985 g/mol. The van der Waals surface area contributed by atoms with Crippen molar-refractivity contribution in [2.45, 2.75) is 10.8 Å². The molecule has 0 atom stereocenters. The third-order valence-electron chi connectivity index (χ3n) is 14.7. The van der Waals surface area contributed by atoms with Gasteiger partial charge in [-0.3, -0.25) is 0 Å². The molecule has 0 amide bonds. The first-order chi connectivity index (χ1) is 34.5. The van der Waals surface area contributed by atoms with Crippen LogP contribution in [0, 0.1) is 17.9 Å². The van der Waals surface area contributed by atoms with Crippen molar-refractivity contribution in [1.29, 1.82) is 5.26 Å². The first-order valence-electron chi connectivity index (χ1n) is 23.2. The van der Waals surface area contributed by atoms with Gasteiger partial charge >= 0.3 is 0 Å². The topological polar surface area (TPSA) is 34.6 Å². The normalized spacial score (nSPS) is 14.0. The third-order valence-corrected chi connectivity index (χ3v) is 15.7. The quantitative estimate of drug-likeness (QED) is 0.162. The Hall–Kier alpha value is -8.26. The Balaban J connectivity index is 0.000000137. The molecule has 2 spiro atoms. The Labute approximate surface area is 424 Å². The largest absolute Gasteiger partial charge is 0.310 e. The lowest BCUT2D eigenvalue weighted by Gasteiger charge is -2.45. The standard InChI is InChI=1S/C33H19N3.C31H19Br2N/c1-35-23-16-18-26-25-17-15-22(21-34)19-29(25)33(30(26)20-23)27-11-5-7-13-31(27)36(24-9-3-2-4-10-24)32-14-8-6-12-28(32)33;32-20-14-16-23-24-17-15-21(33)19-28(24)31(27(23)18-20)25-10-4-6-12-29(25)34(22-8-2-1-3-9-22)30-13-7-5-11-26(30)31/h2-20H;1-19H. The fraction of sp³-hybridized carbons (Fsp3) is 0.0312. The molecule has 0 saturated carbocycles. The van der Waals surface area contributed by atoms with Crippen molar-refractivity contribution >= 4 is 71.7 Å². The fourth-order valence-corrected chi connectivity index (χ4v) is 12.8. The molecule has 70 heavy (non-hydrogen) atoms. The maximum absolute atomic E-state index is 9.84. The van der Waals surface area contributed by atoms with Crippen molar-refractivity contribution in [1.82, 2.24) is 0 Å². The SMILES string of the molecule is Brc1ccc2c(c1)C1(c3cc(Br)ccc3-2)c2ccccc2N(c2ccccc2)c2ccccc21.[C-]#[N+]c1ccc2c(c1)C1(c3cc(C#N)ccc3-2)c2ccccc2N(c2ccccc2)c2ccccc21. The molecule has 10 aromatic rings. The number of halogens is 2. The second kappa shape index (κ2) is 16.2. The maximum atomic E-state index is 9.84. The average Bonchev–Trinajstić information content (AvgIpc) is 3.85. The van der Waals surface area contributed by atoms with E-state index in [2.05, 4.69) is 253 Å². The van der Waals surface area contributed by atoms with Gasteiger partial charge in [0.1, 0.15) is 0 Å². The Morgan fingerprint density at radius 1 is 0.371 bits per heavy atom. The van der Waals surface area contributed by atoms with Gasteiger partial charge in [-0.25, -0.2) is 4.85 Å². The van der Waals surface area contributed by atoms with E-state index in [4.69, 9.17) is 6.57 Å². The average molecular weight is 1020 g/mol. The van der Waals surface area contributed by atoms with Crippen LogP contribution in [-0.4, -0.2) is 0 Å². The van der Waals surface area contributed by atoms with Crippen molar-refractivity contribution in [3.63, 3.8) is 0 Å². The van der Waals surface area contributed by atoms with Gasteiger partial charge in [0, 0.05) is 20.3 Å². The van der Waals surface area contributed by atoms with Gasteiger partial charge in [0.25, 0.3) is 0 Å². The van der Waals surface area contributed by atoms with Crippen LogP contribution >= 0.6 is 31.9 Å². The lowest BCUT2D eigenvalue weighted by atomic mass is 9.64. The predicted molar refractivity (Wildman–Crippen MR) is 290 cm³/mol. The van der Waals surface area contributed by atoms with Crippen LogP contribution in [0.15, 0.2) is 239 Å². The first-order valence-corrected chi connectivity index (χ1v) is 24.8. The van der Waals surface area contributed by atoms with Crippen molar-refractivity contribution in [3.8, 4) is 28.3 Å². The lowest BCUT2D eigenvalue weighted by Crippen LogP contribution is -2.36. The molecular formula is C64H38Br2N4. The van der Waals surface area contributed by atoms with E-state index >= 15 is 0 Å². The summed E-state index contributed by atoms with van der Waals surface area (Å²) in [7, 11) is 0. The molecule has 0 saturated heterocycles. The van der Waals surface area contributed by atoms with Crippen molar-refractivity contribution in [2.24, 2.45) is 0 Å². The maximum Gasteiger partial charge on any atom is 0.187 e. The smallest absolute Gasteiger partial charge is 0.187 e. The van der Waals surface area contributed by atoms with E-state index in [-0.39, 0.29) is 0 Å². The molecule has 328 valence electrons. The molecule has 6 heteroatoms. The zero-order valence-corrected chi connectivity index (χ0v) is 40.7. The van der Waals surface area contributed by atoms with Gasteiger partial charge in [0.05, 0.1) is 51.8 Å². The van der Waals surface area contributed by atoms with Crippen LogP contribution in [-0.2, 0) is 10.8 Å². The summed E-state index contributed by atoms with van der Waals surface area (Å²) >= 11 is 7.57. The van der Waals surface area contributed by atoms with Crippen LogP contribution in [0.3, 0.4) is 0 Å². The van der Waals surface area contributed by atoms with Gasteiger partial charge in [-0.1, -0.05) is 177 Å². The number of para-hydroxylation sites is 6. The predicted octanol–water partition coefficient (Wildman–Crippen LogP) is 17.6. The van der Waals surface area contributed by atoms with Crippen LogP contribution < -0.4 is 9.80 Å². The minimum Gasteiger partial charge on any atom is -0.310 e. The number of fused-ring (bicyclic) bond motifs is 18. The van der Waals surface area contributed by atoms with E-state index in [1.807, 2.05) is 30.3 Å². The highest BCUT2D eigenvalue weighted by atomic mass is 79.9. The lowest BCUT2D eigenvalue weighted by molar-refractivity contribution is 0.751. The number of anilines is 6. The highest BCUT2D eigenvalue weighted by Crippen LogP contribution is 2.65. The van der Waals surface area contributed by atoms with Crippen molar-refractivity contribution in [3.05, 3.63) is 301 Å². The summed E-state index contributed by atoms with van der Waals surface area (Å²) in [5, 5.41) is 9.84. The van der Waals surface area contributed by atoms with Gasteiger partial charge in [-0.15, -0.1) is 0 Å². The van der Waals surface area contributed by atoms with Crippen LogP contribution in [0.4, 0.5) is 39.8 Å². The molecule has 0 N–H and O–H groups in total. The Morgan fingerprint density at radius 3 is 1.11 bits per heavy atom. The summed E-state index contributed by atoms with van der Waals surface area (Å²) in [6, 6.07) is 83.7. The zero-order chi connectivity index (χ0) is 47.1. The first kappa shape index (κ1) is 41.9. The molecule has 0 fully saturated rings. The van der Waals surface area contributed by atoms with Crippen LogP contribution in [0.25, 0.3) is 27.1 Å². The summed E-state index contributed by atoms with van der Waals surface area (Å²) < 4.78 is 2.19. The number of hydrogen-bond donors (Lipinski definition) is 0. The molecule has 0 radical (unpaired) electrons. The Kier molecular flexibility index (Phi) is 9.68. The minimum absolute atomic E-state index is 0.406. The second-order valence-corrected chi connectivity index (χ2v) is 19.8. The van der Waals surface area contributed by atoms with E-state index in [0.717, 1.165) is 59.4 Å². The van der Waals surface area contributed by atoms with Crippen molar-refractivity contribution < 1.29 is 0 Å². The molecule has 0 bridgehead atoms. The fourth-order valence-electron chi connectivity index (χ4n) is 12.1. The molecule has 10 aromatic carbocycles. The van der Waals surface area contributed by atoms with Gasteiger partial charge in [-0.05, 0) is 152 Å². The van der Waals surface area contributed by atoms with E-state index in [0.29, 0.717) is 11.3 Å². The Bertz CT molecular complexity index is 3650. The summed E-state index contributed by atoms with van der Waals surface area (Å²) in [4.78, 5) is 8.51. The van der Waals surface area contributed by atoms with Gasteiger partial charge in [-0.2, -0.15) is 5.26 Å². The molecule has 4 aliphatic rings. The highest BCUT2D eigenvalue weighted by Gasteiger charge is 2.53. The summed E-state index contributed by atoms with van der Waals surface area (Å²) in [5.74, 6) is 0. The number of benzene rings is 10. The van der Waals surface area contributed by atoms with Crippen LogP contribution in [0.5, 0.6) is 0 Å². The van der Waals surface area contributed by atoms with E-state index in [1.165, 1.54) is 50.4 Å². The monoisotopic (exact) mass is 1020 g/mol. The number of nitriles is 1. The minimum atomic E-state index is -0.642. The molecule has 2 aliphatic carbocycles. The molecule has 4 nitrogen and oxygen atoms in total. The Morgan fingerprint density at radius 2 is 0.714 bits per heavy atom.